The standard InChI is InChI=1S/C11H11F3N2/c1-2-9(7-15)16-10-5-3-8(4-6-10)11(12,13)14/h3-6,9,16H,2H2,1H3. The van der Waals surface area contributed by atoms with Gasteiger partial charge in [-0.1, -0.05) is 6.92 Å². The van der Waals surface area contributed by atoms with Gasteiger partial charge < -0.3 is 5.32 Å². The fraction of sp³-hybridized carbons (Fsp3) is 0.364. The Hall–Kier alpha value is -1.70. The molecule has 0 fully saturated rings. The summed E-state index contributed by atoms with van der Waals surface area (Å²) in [5, 5.41) is 11.5. The lowest BCUT2D eigenvalue weighted by atomic mass is 10.2. The van der Waals surface area contributed by atoms with Crippen molar-refractivity contribution >= 4 is 5.69 Å². The fourth-order valence-corrected chi connectivity index (χ4v) is 1.18. The molecule has 0 spiro atoms. The molecule has 5 heteroatoms. The number of benzene rings is 1. The highest BCUT2D eigenvalue weighted by Gasteiger charge is 2.29. The van der Waals surface area contributed by atoms with Gasteiger partial charge in [-0.15, -0.1) is 0 Å². The maximum atomic E-state index is 12.2. The number of hydrogen-bond acceptors (Lipinski definition) is 2. The van der Waals surface area contributed by atoms with E-state index in [0.29, 0.717) is 12.1 Å². The summed E-state index contributed by atoms with van der Waals surface area (Å²) < 4.78 is 36.7. The van der Waals surface area contributed by atoms with Gasteiger partial charge in [0.25, 0.3) is 0 Å². The number of rotatable bonds is 3. The van der Waals surface area contributed by atoms with Crippen molar-refractivity contribution in [3.05, 3.63) is 29.8 Å². The van der Waals surface area contributed by atoms with Crippen LogP contribution in [0.5, 0.6) is 0 Å². The normalized spacial score (nSPS) is 12.9. The van der Waals surface area contributed by atoms with Crippen molar-refractivity contribution in [1.29, 1.82) is 5.26 Å². The summed E-state index contributed by atoms with van der Waals surface area (Å²) in [7, 11) is 0. The maximum Gasteiger partial charge on any atom is 0.416 e. The van der Waals surface area contributed by atoms with E-state index in [0.717, 1.165) is 12.1 Å². The van der Waals surface area contributed by atoms with Crippen LogP contribution >= 0.6 is 0 Å². The Morgan fingerprint density at radius 1 is 1.31 bits per heavy atom. The van der Waals surface area contributed by atoms with E-state index in [2.05, 4.69) is 5.32 Å². The van der Waals surface area contributed by atoms with Crippen molar-refractivity contribution in [3.8, 4) is 6.07 Å². The van der Waals surface area contributed by atoms with Crippen molar-refractivity contribution in [2.24, 2.45) is 0 Å². The summed E-state index contributed by atoms with van der Waals surface area (Å²) in [4.78, 5) is 0. The third-order valence-electron chi connectivity index (χ3n) is 2.12. The zero-order valence-corrected chi connectivity index (χ0v) is 8.67. The molecule has 0 aliphatic rings. The van der Waals surface area contributed by atoms with Crippen molar-refractivity contribution in [2.45, 2.75) is 25.6 Å². The van der Waals surface area contributed by atoms with Crippen LogP contribution in [0.25, 0.3) is 0 Å². The van der Waals surface area contributed by atoms with Crippen LogP contribution < -0.4 is 5.32 Å². The summed E-state index contributed by atoms with van der Waals surface area (Å²) in [6, 6.07) is 6.26. The van der Waals surface area contributed by atoms with E-state index < -0.39 is 11.7 Å². The van der Waals surface area contributed by atoms with Gasteiger partial charge in [-0.25, -0.2) is 0 Å². The topological polar surface area (TPSA) is 35.8 Å². The quantitative estimate of drug-likeness (QED) is 0.860. The fourth-order valence-electron chi connectivity index (χ4n) is 1.18. The minimum atomic E-state index is -4.32. The van der Waals surface area contributed by atoms with Gasteiger partial charge >= 0.3 is 6.18 Å². The highest BCUT2D eigenvalue weighted by atomic mass is 19.4. The molecule has 1 N–H and O–H groups in total. The molecule has 0 heterocycles. The van der Waals surface area contributed by atoms with Crippen LogP contribution in [0.1, 0.15) is 18.9 Å². The molecule has 0 aliphatic heterocycles. The second kappa shape index (κ2) is 4.88. The predicted octanol–water partition coefficient (Wildman–Crippen LogP) is 3.42. The van der Waals surface area contributed by atoms with Crippen LogP contribution in [-0.4, -0.2) is 6.04 Å². The average Bonchev–Trinajstić information content (AvgIpc) is 2.25. The molecular formula is C11H11F3N2. The number of hydrogen-bond donors (Lipinski definition) is 1. The Bertz CT molecular complexity index is 376. The maximum absolute atomic E-state index is 12.2. The molecule has 16 heavy (non-hydrogen) atoms. The van der Waals surface area contributed by atoms with Crippen LogP contribution in [0.2, 0.25) is 0 Å². The van der Waals surface area contributed by atoms with Crippen molar-refractivity contribution in [2.75, 3.05) is 5.32 Å². The SMILES string of the molecule is CCC(C#N)Nc1ccc(C(F)(F)F)cc1. The van der Waals surface area contributed by atoms with Crippen LogP contribution in [0.4, 0.5) is 18.9 Å². The molecule has 1 aromatic rings. The first-order valence-electron chi connectivity index (χ1n) is 4.80. The second-order valence-corrected chi connectivity index (χ2v) is 3.31. The summed E-state index contributed by atoms with van der Waals surface area (Å²) in [6.45, 7) is 1.82. The third kappa shape index (κ3) is 3.16. The van der Waals surface area contributed by atoms with E-state index in [1.54, 1.807) is 0 Å². The number of halogens is 3. The lowest BCUT2D eigenvalue weighted by molar-refractivity contribution is -0.137. The van der Waals surface area contributed by atoms with Crippen molar-refractivity contribution < 1.29 is 13.2 Å². The minimum absolute atomic E-state index is 0.378. The van der Waals surface area contributed by atoms with Crippen LogP contribution in [-0.2, 0) is 6.18 Å². The predicted molar refractivity (Wildman–Crippen MR) is 54.8 cm³/mol. The van der Waals surface area contributed by atoms with Gasteiger partial charge in [-0.05, 0) is 30.7 Å². The second-order valence-electron chi connectivity index (χ2n) is 3.31. The molecule has 1 atom stereocenters. The average molecular weight is 228 g/mol. The van der Waals surface area contributed by atoms with E-state index in [-0.39, 0.29) is 6.04 Å². The molecule has 0 amide bonds. The Labute approximate surface area is 91.7 Å². The molecule has 86 valence electrons. The largest absolute Gasteiger partial charge is 0.416 e. The zero-order valence-electron chi connectivity index (χ0n) is 8.67. The van der Waals surface area contributed by atoms with Crippen LogP contribution in [0.15, 0.2) is 24.3 Å². The number of nitriles is 1. The summed E-state index contributed by atoms with van der Waals surface area (Å²) in [5.41, 5.74) is -0.176. The van der Waals surface area contributed by atoms with Crippen molar-refractivity contribution in [3.63, 3.8) is 0 Å². The summed E-state index contributed by atoms with van der Waals surface area (Å²) in [6.07, 6.45) is -3.73. The molecule has 0 aromatic heterocycles. The van der Waals surface area contributed by atoms with Gasteiger partial charge in [0.1, 0.15) is 6.04 Å². The molecule has 1 aromatic carbocycles. The lowest BCUT2D eigenvalue weighted by Crippen LogP contribution is -2.15. The molecule has 2 nitrogen and oxygen atoms in total. The Kier molecular flexibility index (Phi) is 3.78. The van der Waals surface area contributed by atoms with Gasteiger partial charge in [-0.2, -0.15) is 18.4 Å². The van der Waals surface area contributed by atoms with Gasteiger partial charge in [-0.3, -0.25) is 0 Å². The van der Waals surface area contributed by atoms with Crippen LogP contribution in [0, 0.1) is 11.3 Å². The minimum Gasteiger partial charge on any atom is -0.370 e. The number of alkyl halides is 3. The van der Waals surface area contributed by atoms with E-state index >= 15 is 0 Å². The first kappa shape index (κ1) is 12.4. The number of nitrogens with one attached hydrogen (secondary N) is 1. The lowest BCUT2D eigenvalue weighted by Gasteiger charge is -2.12. The third-order valence-corrected chi connectivity index (χ3v) is 2.12. The molecule has 0 bridgehead atoms. The Morgan fingerprint density at radius 2 is 1.88 bits per heavy atom. The van der Waals surface area contributed by atoms with E-state index in [9.17, 15) is 13.2 Å². The summed E-state index contributed by atoms with van der Waals surface area (Å²) >= 11 is 0. The van der Waals surface area contributed by atoms with E-state index in [4.69, 9.17) is 5.26 Å². The highest BCUT2D eigenvalue weighted by Crippen LogP contribution is 2.29. The van der Waals surface area contributed by atoms with Crippen LogP contribution in [0.3, 0.4) is 0 Å². The Morgan fingerprint density at radius 3 is 2.25 bits per heavy atom. The van der Waals surface area contributed by atoms with Gasteiger partial charge in [0.05, 0.1) is 11.6 Å². The molecule has 0 saturated heterocycles. The first-order valence-corrected chi connectivity index (χ1v) is 4.80. The monoisotopic (exact) mass is 228 g/mol. The zero-order chi connectivity index (χ0) is 12.2. The molecular weight excluding hydrogens is 217 g/mol. The molecule has 0 radical (unpaired) electrons. The summed E-state index contributed by atoms with van der Waals surface area (Å²) in [5.74, 6) is 0. The molecule has 1 rings (SSSR count). The van der Waals surface area contributed by atoms with Gasteiger partial charge in [0, 0.05) is 5.69 Å². The van der Waals surface area contributed by atoms with Gasteiger partial charge in [0.2, 0.25) is 0 Å². The Balaban J connectivity index is 2.77. The smallest absolute Gasteiger partial charge is 0.370 e. The van der Waals surface area contributed by atoms with Gasteiger partial charge in [0.15, 0.2) is 0 Å². The van der Waals surface area contributed by atoms with E-state index in [1.807, 2.05) is 13.0 Å². The highest BCUT2D eigenvalue weighted by molar-refractivity contribution is 5.46. The molecule has 0 aliphatic carbocycles. The van der Waals surface area contributed by atoms with E-state index in [1.165, 1.54) is 12.1 Å². The van der Waals surface area contributed by atoms with Crippen molar-refractivity contribution in [1.82, 2.24) is 0 Å². The molecule has 0 saturated carbocycles. The molecule has 1 unspecified atom stereocenters. The number of nitrogens with zero attached hydrogens (tertiary/aromatic N) is 1. The number of anilines is 1. The first-order chi connectivity index (χ1) is 7.47.